The molecule has 21 heavy (non-hydrogen) atoms. The van der Waals surface area contributed by atoms with Crippen LogP contribution in [0.1, 0.15) is 19.4 Å². The molecule has 6 heteroatoms. The Hall–Kier alpha value is -2.24. The fourth-order valence-electron chi connectivity index (χ4n) is 2.00. The van der Waals surface area contributed by atoms with Crippen LogP contribution >= 0.6 is 0 Å². The van der Waals surface area contributed by atoms with E-state index in [0.29, 0.717) is 6.54 Å². The van der Waals surface area contributed by atoms with E-state index in [4.69, 9.17) is 0 Å². The smallest absolute Gasteiger partial charge is 0.224 e. The SMILES string of the molecule is CC(C)[C@H](Cn1ccnn1)NC(=O)Cc1ccc(F)cc1. The summed E-state index contributed by atoms with van der Waals surface area (Å²) in [5.41, 5.74) is 0.789. The molecule has 2 rings (SSSR count). The zero-order valence-electron chi connectivity index (χ0n) is 12.2. The predicted octanol–water partition coefficient (Wildman–Crippen LogP) is 1.80. The maximum absolute atomic E-state index is 12.8. The fourth-order valence-corrected chi connectivity index (χ4v) is 2.00. The van der Waals surface area contributed by atoms with Crippen molar-refractivity contribution in [1.29, 1.82) is 0 Å². The molecule has 5 nitrogen and oxygen atoms in total. The minimum atomic E-state index is -0.301. The number of carbonyl (C=O) groups excluding carboxylic acids is 1. The molecule has 0 saturated heterocycles. The lowest BCUT2D eigenvalue weighted by molar-refractivity contribution is -0.121. The third-order valence-electron chi connectivity index (χ3n) is 3.28. The van der Waals surface area contributed by atoms with Crippen molar-refractivity contribution in [3.05, 3.63) is 48.0 Å². The van der Waals surface area contributed by atoms with E-state index < -0.39 is 0 Å². The van der Waals surface area contributed by atoms with Crippen molar-refractivity contribution in [3.8, 4) is 0 Å². The molecule has 1 heterocycles. The van der Waals surface area contributed by atoms with Crippen LogP contribution in [0.15, 0.2) is 36.7 Å². The standard InChI is InChI=1S/C15H19FN4O/c1-11(2)14(10-20-8-7-17-19-20)18-15(21)9-12-3-5-13(16)6-4-12/h3-8,11,14H,9-10H2,1-2H3,(H,18,21)/t14-/m0/s1. The Morgan fingerprint density at radius 3 is 2.62 bits per heavy atom. The Kier molecular flexibility index (Phi) is 5.03. The lowest BCUT2D eigenvalue weighted by atomic mass is 10.0. The molecule has 0 saturated carbocycles. The Labute approximate surface area is 123 Å². The number of aromatic nitrogens is 3. The van der Waals surface area contributed by atoms with Crippen molar-refractivity contribution in [1.82, 2.24) is 20.3 Å². The molecule has 0 radical (unpaired) electrons. The van der Waals surface area contributed by atoms with E-state index in [1.54, 1.807) is 29.2 Å². The first-order chi connectivity index (χ1) is 10.0. The molecule has 1 amide bonds. The number of hydrogen-bond acceptors (Lipinski definition) is 3. The summed E-state index contributed by atoms with van der Waals surface area (Å²) < 4.78 is 14.5. The van der Waals surface area contributed by atoms with Crippen molar-refractivity contribution >= 4 is 5.91 Å². The van der Waals surface area contributed by atoms with Crippen LogP contribution in [0.5, 0.6) is 0 Å². The molecule has 112 valence electrons. The molecule has 0 unspecified atom stereocenters. The highest BCUT2D eigenvalue weighted by Crippen LogP contribution is 2.07. The largest absolute Gasteiger partial charge is 0.351 e. The Balaban J connectivity index is 1.93. The second-order valence-electron chi connectivity index (χ2n) is 5.35. The number of rotatable bonds is 6. The molecule has 0 spiro atoms. The summed E-state index contributed by atoms with van der Waals surface area (Å²) in [5.74, 6) is -0.114. The van der Waals surface area contributed by atoms with Gasteiger partial charge in [-0.3, -0.25) is 9.48 Å². The van der Waals surface area contributed by atoms with Crippen molar-refractivity contribution in [2.24, 2.45) is 5.92 Å². The van der Waals surface area contributed by atoms with E-state index >= 15 is 0 Å². The van der Waals surface area contributed by atoms with Gasteiger partial charge in [0.05, 0.1) is 25.2 Å². The number of hydrogen-bond donors (Lipinski definition) is 1. The zero-order chi connectivity index (χ0) is 15.2. The lowest BCUT2D eigenvalue weighted by Crippen LogP contribution is -2.42. The van der Waals surface area contributed by atoms with Crippen LogP contribution in [0.3, 0.4) is 0 Å². The molecule has 1 atom stereocenters. The Bertz CT molecular complexity index is 566. The minimum Gasteiger partial charge on any atom is -0.351 e. The first-order valence-electron chi connectivity index (χ1n) is 6.92. The van der Waals surface area contributed by atoms with Crippen LogP contribution in [-0.4, -0.2) is 26.9 Å². The van der Waals surface area contributed by atoms with Gasteiger partial charge < -0.3 is 5.32 Å². The van der Waals surface area contributed by atoms with Crippen molar-refractivity contribution in [2.75, 3.05) is 0 Å². The van der Waals surface area contributed by atoms with E-state index in [0.717, 1.165) is 5.56 Å². The number of nitrogens with zero attached hydrogens (tertiary/aromatic N) is 3. The zero-order valence-corrected chi connectivity index (χ0v) is 12.2. The molecule has 1 aromatic heterocycles. The van der Waals surface area contributed by atoms with Gasteiger partial charge in [0.1, 0.15) is 5.82 Å². The van der Waals surface area contributed by atoms with E-state index in [2.05, 4.69) is 15.6 Å². The van der Waals surface area contributed by atoms with E-state index in [-0.39, 0.29) is 30.1 Å². The molecule has 0 fully saturated rings. The molecule has 0 aliphatic rings. The van der Waals surface area contributed by atoms with Crippen LogP contribution in [0.4, 0.5) is 4.39 Å². The highest BCUT2D eigenvalue weighted by atomic mass is 19.1. The van der Waals surface area contributed by atoms with Crippen molar-refractivity contribution < 1.29 is 9.18 Å². The minimum absolute atomic E-state index is 0.0281. The molecular weight excluding hydrogens is 271 g/mol. The number of halogens is 1. The first kappa shape index (κ1) is 15.2. The van der Waals surface area contributed by atoms with E-state index in [9.17, 15) is 9.18 Å². The van der Waals surface area contributed by atoms with Gasteiger partial charge in [-0.1, -0.05) is 31.2 Å². The fraction of sp³-hybridized carbons (Fsp3) is 0.400. The van der Waals surface area contributed by atoms with Crippen LogP contribution in [0.2, 0.25) is 0 Å². The van der Waals surface area contributed by atoms with Gasteiger partial charge in [-0.15, -0.1) is 5.10 Å². The molecule has 0 aliphatic carbocycles. The molecular formula is C15H19FN4O. The Morgan fingerprint density at radius 1 is 1.33 bits per heavy atom. The van der Waals surface area contributed by atoms with Gasteiger partial charge in [-0.2, -0.15) is 0 Å². The summed E-state index contributed by atoms with van der Waals surface area (Å²) in [6.07, 6.45) is 3.61. The van der Waals surface area contributed by atoms with Gasteiger partial charge in [0, 0.05) is 6.20 Å². The van der Waals surface area contributed by atoms with Gasteiger partial charge >= 0.3 is 0 Å². The molecule has 0 bridgehead atoms. The second kappa shape index (κ2) is 6.97. The van der Waals surface area contributed by atoms with Gasteiger partial charge in [-0.25, -0.2) is 4.39 Å². The van der Waals surface area contributed by atoms with Crippen LogP contribution in [0, 0.1) is 11.7 Å². The second-order valence-corrected chi connectivity index (χ2v) is 5.35. The number of benzene rings is 1. The monoisotopic (exact) mass is 290 g/mol. The van der Waals surface area contributed by atoms with Crippen molar-refractivity contribution in [2.45, 2.75) is 32.9 Å². The third-order valence-corrected chi connectivity index (χ3v) is 3.28. The van der Waals surface area contributed by atoms with Gasteiger partial charge in [0.25, 0.3) is 0 Å². The van der Waals surface area contributed by atoms with E-state index in [1.807, 2.05) is 13.8 Å². The van der Waals surface area contributed by atoms with Gasteiger partial charge in [-0.05, 0) is 23.6 Å². The van der Waals surface area contributed by atoms with Crippen LogP contribution < -0.4 is 5.32 Å². The summed E-state index contributed by atoms with van der Waals surface area (Å²) >= 11 is 0. The molecule has 1 N–H and O–H groups in total. The van der Waals surface area contributed by atoms with Crippen molar-refractivity contribution in [3.63, 3.8) is 0 Å². The number of amides is 1. The number of carbonyl (C=O) groups is 1. The van der Waals surface area contributed by atoms with Crippen LogP contribution in [0.25, 0.3) is 0 Å². The maximum atomic E-state index is 12.8. The number of nitrogens with one attached hydrogen (secondary N) is 1. The highest BCUT2D eigenvalue weighted by molar-refractivity contribution is 5.78. The average molecular weight is 290 g/mol. The van der Waals surface area contributed by atoms with Gasteiger partial charge in [0.15, 0.2) is 0 Å². The average Bonchev–Trinajstić information content (AvgIpc) is 2.93. The quantitative estimate of drug-likeness (QED) is 0.882. The summed E-state index contributed by atoms with van der Waals surface area (Å²) in [4.78, 5) is 12.1. The summed E-state index contributed by atoms with van der Waals surface area (Å²) in [7, 11) is 0. The maximum Gasteiger partial charge on any atom is 0.224 e. The molecule has 0 aliphatic heterocycles. The summed E-state index contributed by atoms with van der Waals surface area (Å²) in [5, 5.41) is 10.7. The molecule has 1 aromatic carbocycles. The topological polar surface area (TPSA) is 59.8 Å². The van der Waals surface area contributed by atoms with E-state index in [1.165, 1.54) is 12.1 Å². The summed E-state index contributed by atoms with van der Waals surface area (Å²) in [6, 6.07) is 5.93. The van der Waals surface area contributed by atoms with Gasteiger partial charge in [0.2, 0.25) is 5.91 Å². The lowest BCUT2D eigenvalue weighted by Gasteiger charge is -2.22. The predicted molar refractivity (Wildman–Crippen MR) is 76.9 cm³/mol. The van der Waals surface area contributed by atoms with Crippen LogP contribution in [-0.2, 0) is 17.8 Å². The first-order valence-corrected chi connectivity index (χ1v) is 6.92. The normalized spacial score (nSPS) is 12.4. The summed E-state index contributed by atoms with van der Waals surface area (Å²) in [6.45, 7) is 4.66. The molecule has 2 aromatic rings. The Morgan fingerprint density at radius 2 is 2.05 bits per heavy atom. The highest BCUT2D eigenvalue weighted by Gasteiger charge is 2.17. The third kappa shape index (κ3) is 4.66.